The third-order valence-corrected chi connectivity index (χ3v) is 7.98. The number of hydrogen-bond donors (Lipinski definition) is 1. The Morgan fingerprint density at radius 1 is 1.18 bits per heavy atom. The van der Waals surface area contributed by atoms with Gasteiger partial charge >= 0.3 is 6.18 Å². The Bertz CT molecular complexity index is 1410. The highest BCUT2D eigenvalue weighted by Gasteiger charge is 2.42. The summed E-state index contributed by atoms with van der Waals surface area (Å²) in [6.07, 6.45) is -1.86. The van der Waals surface area contributed by atoms with E-state index in [2.05, 4.69) is 15.5 Å². The number of amides is 1. The van der Waals surface area contributed by atoms with Crippen molar-refractivity contribution >= 4 is 11.6 Å². The minimum atomic E-state index is -4.61. The molecule has 1 aliphatic carbocycles. The van der Waals surface area contributed by atoms with Crippen molar-refractivity contribution in [3.8, 4) is 0 Å². The topological polar surface area (TPSA) is 72.3 Å². The van der Waals surface area contributed by atoms with Gasteiger partial charge in [0.25, 0.3) is 5.91 Å². The van der Waals surface area contributed by atoms with E-state index in [9.17, 15) is 22.4 Å². The zero-order valence-electron chi connectivity index (χ0n) is 21.6. The van der Waals surface area contributed by atoms with Crippen molar-refractivity contribution in [3.05, 3.63) is 76.4 Å². The normalized spacial score (nSPS) is 26.4. The summed E-state index contributed by atoms with van der Waals surface area (Å²) in [7, 11) is 1.86. The van der Waals surface area contributed by atoms with Crippen LogP contribution in [0.4, 0.5) is 23.2 Å². The molecule has 7 nitrogen and oxygen atoms in total. The number of carbonyl (C=O) groups excluding carboxylic acids is 1. The van der Waals surface area contributed by atoms with Crippen LogP contribution in [0, 0.1) is 5.92 Å². The number of nitrogens with one attached hydrogen (secondary N) is 1. The van der Waals surface area contributed by atoms with E-state index in [1.165, 1.54) is 17.9 Å². The lowest BCUT2D eigenvalue weighted by Crippen LogP contribution is -2.48. The van der Waals surface area contributed by atoms with Crippen molar-refractivity contribution in [2.45, 2.75) is 63.3 Å². The van der Waals surface area contributed by atoms with Crippen molar-refractivity contribution in [3.63, 3.8) is 0 Å². The van der Waals surface area contributed by atoms with E-state index >= 15 is 0 Å². The molecule has 1 saturated carbocycles. The number of aryl methyl sites for hydroxylation is 1. The predicted molar refractivity (Wildman–Crippen MR) is 135 cm³/mol. The number of rotatable bonds is 7. The molecule has 1 aromatic heterocycles. The summed E-state index contributed by atoms with van der Waals surface area (Å²) in [6.45, 7) is 2.06. The van der Waals surface area contributed by atoms with Gasteiger partial charge in [-0.3, -0.25) is 4.79 Å². The lowest BCUT2D eigenvalue weighted by Gasteiger charge is -2.39. The fourth-order valence-corrected chi connectivity index (χ4v) is 5.89. The number of benzene rings is 2. The van der Waals surface area contributed by atoms with Crippen molar-refractivity contribution in [1.82, 2.24) is 20.1 Å². The molecule has 2 fully saturated rings. The van der Waals surface area contributed by atoms with Crippen LogP contribution >= 0.6 is 0 Å². The first kappa shape index (κ1) is 25.9. The van der Waals surface area contributed by atoms with E-state index in [1.807, 2.05) is 29.8 Å². The Labute approximate surface area is 223 Å². The van der Waals surface area contributed by atoms with Gasteiger partial charge in [0.2, 0.25) is 0 Å². The summed E-state index contributed by atoms with van der Waals surface area (Å²) >= 11 is 0. The molecular weight excluding hydrogens is 514 g/mol. The highest BCUT2D eigenvalue weighted by molar-refractivity contribution is 6.10. The van der Waals surface area contributed by atoms with Crippen LogP contribution in [0.3, 0.4) is 0 Å². The largest absolute Gasteiger partial charge is 0.416 e. The minimum Gasteiger partial charge on any atom is -0.369 e. The molecule has 6 rings (SSSR count). The molecule has 2 aliphatic heterocycles. The first-order chi connectivity index (χ1) is 18.5. The highest BCUT2D eigenvalue weighted by Crippen LogP contribution is 2.41. The summed E-state index contributed by atoms with van der Waals surface area (Å²) in [5.41, 5.74) is -0.128. The Morgan fingerprint density at radius 3 is 2.62 bits per heavy atom. The minimum absolute atomic E-state index is 0.0173. The lowest BCUT2D eigenvalue weighted by atomic mass is 9.79. The molecule has 3 heterocycles. The molecule has 3 aromatic rings. The van der Waals surface area contributed by atoms with Gasteiger partial charge in [0.1, 0.15) is 18.1 Å². The van der Waals surface area contributed by atoms with Gasteiger partial charge < -0.3 is 19.5 Å². The van der Waals surface area contributed by atoms with Crippen molar-refractivity contribution in [1.29, 1.82) is 0 Å². The number of aromatic nitrogens is 3. The van der Waals surface area contributed by atoms with E-state index in [-0.39, 0.29) is 42.3 Å². The average Bonchev–Trinajstić information content (AvgIpc) is 3.41. The molecule has 0 spiro atoms. The van der Waals surface area contributed by atoms with Crippen LogP contribution < -0.4 is 10.2 Å². The molecule has 0 radical (unpaired) electrons. The van der Waals surface area contributed by atoms with Gasteiger partial charge in [-0.05, 0) is 67.1 Å². The number of hydrogen-bond acceptors (Lipinski definition) is 5. The van der Waals surface area contributed by atoms with Gasteiger partial charge in [-0.1, -0.05) is 12.1 Å². The van der Waals surface area contributed by atoms with Gasteiger partial charge in [0.15, 0.2) is 5.82 Å². The monoisotopic (exact) mass is 543 g/mol. The number of carbonyl (C=O) groups is 1. The van der Waals surface area contributed by atoms with E-state index < -0.39 is 23.3 Å². The van der Waals surface area contributed by atoms with Crippen molar-refractivity contribution < 1.29 is 27.1 Å². The SMILES string of the molecule is Cn1cnnc1[C@@H]1OC[C@H]1Cc1cccc(N2Cc3c(cc(CNC4CC(C)(F)C4)cc3C(F)(F)F)C2=O)c1. The van der Waals surface area contributed by atoms with Crippen molar-refractivity contribution in [2.24, 2.45) is 13.0 Å². The molecule has 0 bridgehead atoms. The smallest absolute Gasteiger partial charge is 0.369 e. The fourth-order valence-electron chi connectivity index (χ4n) is 5.89. The van der Waals surface area contributed by atoms with Crippen molar-refractivity contribution in [2.75, 3.05) is 11.5 Å². The molecule has 1 N–H and O–H groups in total. The third kappa shape index (κ3) is 4.93. The second kappa shape index (κ2) is 9.41. The maximum Gasteiger partial charge on any atom is 0.416 e. The van der Waals surface area contributed by atoms with E-state index in [1.54, 1.807) is 12.4 Å². The first-order valence-corrected chi connectivity index (χ1v) is 13.0. The Hall–Kier alpha value is -3.31. The van der Waals surface area contributed by atoms with E-state index in [0.717, 1.165) is 17.5 Å². The van der Waals surface area contributed by atoms with Crippen LogP contribution in [0.1, 0.15) is 64.3 Å². The Kier molecular flexibility index (Phi) is 6.26. The number of ether oxygens (including phenoxy) is 1. The summed E-state index contributed by atoms with van der Waals surface area (Å²) in [5.74, 6) is 0.458. The summed E-state index contributed by atoms with van der Waals surface area (Å²) in [5, 5.41) is 11.2. The second-order valence-corrected chi connectivity index (χ2v) is 11.1. The van der Waals surface area contributed by atoms with E-state index in [0.29, 0.717) is 37.1 Å². The molecule has 2 aromatic carbocycles. The molecule has 0 unspecified atom stereocenters. The lowest BCUT2D eigenvalue weighted by molar-refractivity contribution is -0.138. The molecule has 1 amide bonds. The van der Waals surface area contributed by atoms with Gasteiger partial charge in [-0.25, -0.2) is 4.39 Å². The first-order valence-electron chi connectivity index (χ1n) is 13.0. The molecule has 2 atom stereocenters. The van der Waals surface area contributed by atoms with Crippen LogP contribution in [0.5, 0.6) is 0 Å². The number of fused-ring (bicyclic) bond motifs is 1. The number of halogens is 4. The molecule has 3 aliphatic rings. The fraction of sp³-hybridized carbons (Fsp3) is 0.464. The quantitative estimate of drug-likeness (QED) is 0.429. The number of nitrogens with zero attached hydrogens (tertiary/aromatic N) is 4. The van der Waals surface area contributed by atoms with Gasteiger partial charge in [0.05, 0.1) is 18.7 Å². The summed E-state index contributed by atoms with van der Waals surface area (Å²) in [4.78, 5) is 14.8. The van der Waals surface area contributed by atoms with Crippen LogP contribution in [0.15, 0.2) is 42.7 Å². The Morgan fingerprint density at radius 2 is 1.97 bits per heavy atom. The van der Waals surface area contributed by atoms with Crippen LogP contribution in [-0.4, -0.2) is 39.0 Å². The average molecular weight is 544 g/mol. The molecule has 39 heavy (non-hydrogen) atoms. The van der Waals surface area contributed by atoms with Crippen LogP contribution in [0.25, 0.3) is 0 Å². The summed E-state index contributed by atoms with van der Waals surface area (Å²) in [6, 6.07) is 9.91. The maximum absolute atomic E-state index is 14.1. The highest BCUT2D eigenvalue weighted by atomic mass is 19.4. The van der Waals surface area contributed by atoms with E-state index in [4.69, 9.17) is 4.74 Å². The summed E-state index contributed by atoms with van der Waals surface area (Å²) < 4.78 is 63.6. The maximum atomic E-state index is 14.1. The second-order valence-electron chi connectivity index (χ2n) is 11.1. The molecular formula is C28H29F4N5O2. The number of anilines is 1. The zero-order chi connectivity index (χ0) is 27.5. The Balaban J connectivity index is 1.21. The predicted octanol–water partition coefficient (Wildman–Crippen LogP) is 4.90. The molecule has 1 saturated heterocycles. The third-order valence-electron chi connectivity index (χ3n) is 7.98. The molecule has 11 heteroatoms. The van der Waals surface area contributed by atoms with Gasteiger partial charge in [-0.15, -0.1) is 10.2 Å². The standard InChI is InChI=1S/C28H29F4N5O2/c1-27(29)10-19(11-27)33-12-17-8-21-22(23(9-17)28(30,31)32)13-37(26(21)38)20-5-3-4-16(7-20)6-18-14-39-24(18)25-35-34-15-36(25)2/h3-5,7-9,15,18-19,24,33H,6,10-14H2,1-2H3/t18-,19?,24-,27?/m1/s1. The van der Waals surface area contributed by atoms with Gasteiger partial charge in [0, 0.05) is 36.8 Å². The van der Waals surface area contributed by atoms with Crippen LogP contribution in [-0.2, 0) is 37.5 Å². The number of alkyl halides is 4. The van der Waals surface area contributed by atoms with Crippen LogP contribution in [0.2, 0.25) is 0 Å². The molecule has 206 valence electrons. The van der Waals surface area contributed by atoms with Gasteiger partial charge in [-0.2, -0.15) is 13.2 Å². The zero-order valence-corrected chi connectivity index (χ0v) is 21.6.